The van der Waals surface area contributed by atoms with Crippen LogP contribution in [0.5, 0.6) is 0 Å². The molecule has 76 valence electrons. The zero-order valence-electron chi connectivity index (χ0n) is 8.14. The quantitative estimate of drug-likeness (QED) is 0.579. The predicted molar refractivity (Wildman–Crippen MR) is 57.0 cm³/mol. The van der Waals surface area contributed by atoms with Gasteiger partial charge >= 0.3 is 0 Å². The van der Waals surface area contributed by atoms with E-state index in [9.17, 15) is 5.11 Å². The number of rotatable bonds is 1. The Morgan fingerprint density at radius 1 is 1.19 bits per heavy atom. The van der Waals surface area contributed by atoms with Gasteiger partial charge in [-0.25, -0.2) is 0 Å². The van der Waals surface area contributed by atoms with E-state index in [1.165, 1.54) is 0 Å². The molecule has 1 aromatic carbocycles. The first-order chi connectivity index (χ1) is 7.76. The number of aliphatic hydroxyl groups excluding tert-OH is 1. The molecule has 0 unspecified atom stereocenters. The minimum Gasteiger partial charge on any atom is -0.503 e. The number of hydrogen-bond donors (Lipinski definition) is 1. The lowest BCUT2D eigenvalue weighted by Crippen LogP contribution is -1.84. The minimum absolute atomic E-state index is 0.124. The maximum absolute atomic E-state index is 9.62. The molecule has 16 heavy (non-hydrogen) atoms. The van der Waals surface area contributed by atoms with E-state index in [1.807, 2.05) is 12.1 Å². The highest BCUT2D eigenvalue weighted by molar-refractivity contribution is 5.82. The Balaban J connectivity index is 2.63. The van der Waals surface area contributed by atoms with Gasteiger partial charge in [0.15, 0.2) is 17.1 Å². The number of furan rings is 1. The lowest BCUT2D eigenvalue weighted by atomic mass is 10.2. The van der Waals surface area contributed by atoms with Gasteiger partial charge in [-0.3, -0.25) is 0 Å². The third-order valence-corrected chi connectivity index (χ3v) is 2.12. The Morgan fingerprint density at radius 3 is 2.50 bits per heavy atom. The molecule has 0 spiro atoms. The van der Waals surface area contributed by atoms with Gasteiger partial charge in [0.25, 0.3) is 0 Å². The lowest BCUT2D eigenvalue weighted by molar-refractivity contribution is 0.470. The molecule has 0 atom stereocenters. The molecule has 4 heteroatoms. The van der Waals surface area contributed by atoms with Gasteiger partial charge in [-0.1, -0.05) is 18.2 Å². The average molecular weight is 210 g/mol. The van der Waals surface area contributed by atoms with Crippen LogP contribution in [0.4, 0.5) is 0 Å². The highest BCUT2D eigenvalue weighted by Gasteiger charge is 2.12. The van der Waals surface area contributed by atoms with Crippen LogP contribution < -0.4 is 0 Å². The summed E-state index contributed by atoms with van der Waals surface area (Å²) in [7, 11) is 0. The molecular formula is C12H6N2O2. The van der Waals surface area contributed by atoms with Crippen molar-refractivity contribution in [2.75, 3.05) is 0 Å². The molecule has 1 N–H and O–H groups in total. The molecule has 1 aromatic heterocycles. The number of fused-ring (bicyclic) bond motifs is 1. The van der Waals surface area contributed by atoms with Crippen LogP contribution in [-0.4, -0.2) is 5.11 Å². The summed E-state index contributed by atoms with van der Waals surface area (Å²) in [5, 5.41) is 27.6. The second-order valence-electron chi connectivity index (χ2n) is 3.10. The largest absolute Gasteiger partial charge is 0.503 e. The van der Waals surface area contributed by atoms with Crippen LogP contribution in [0, 0.1) is 22.7 Å². The monoisotopic (exact) mass is 210 g/mol. The number of para-hydroxylation sites is 1. The number of allylic oxidation sites excluding steroid dienone is 1. The van der Waals surface area contributed by atoms with E-state index in [4.69, 9.17) is 14.9 Å². The summed E-state index contributed by atoms with van der Waals surface area (Å²) in [6.07, 6.45) is 0. The molecule has 2 aromatic rings. The fourth-order valence-electron chi connectivity index (χ4n) is 1.35. The summed E-state index contributed by atoms with van der Waals surface area (Å²) in [5.41, 5.74) is 0.235. The van der Waals surface area contributed by atoms with Crippen molar-refractivity contribution in [2.24, 2.45) is 0 Å². The molecule has 0 bridgehead atoms. The van der Waals surface area contributed by atoms with Gasteiger partial charge in [0.05, 0.1) is 0 Å². The highest BCUT2D eigenvalue weighted by Crippen LogP contribution is 2.24. The molecule has 0 radical (unpaired) electrons. The van der Waals surface area contributed by atoms with Gasteiger partial charge < -0.3 is 9.52 Å². The van der Waals surface area contributed by atoms with Crippen molar-refractivity contribution >= 4 is 16.7 Å². The second-order valence-corrected chi connectivity index (χ2v) is 3.10. The molecule has 0 aliphatic carbocycles. The topological polar surface area (TPSA) is 81.0 Å². The zero-order valence-corrected chi connectivity index (χ0v) is 8.14. The van der Waals surface area contributed by atoms with E-state index >= 15 is 0 Å². The van der Waals surface area contributed by atoms with Crippen molar-refractivity contribution in [3.63, 3.8) is 0 Å². The minimum atomic E-state index is -0.429. The Bertz CT molecular complexity index is 604. The van der Waals surface area contributed by atoms with Gasteiger partial charge in [-0.15, -0.1) is 0 Å². The third-order valence-electron chi connectivity index (χ3n) is 2.12. The standard InChI is InChI=1S/C12H6N2O2/c13-6-9(7-14)12(15)11-5-8-3-1-2-4-10(8)16-11/h1-5,15H. The second kappa shape index (κ2) is 3.80. The summed E-state index contributed by atoms with van der Waals surface area (Å²) >= 11 is 0. The van der Waals surface area contributed by atoms with Crippen LogP contribution in [0.2, 0.25) is 0 Å². The first-order valence-electron chi connectivity index (χ1n) is 4.48. The van der Waals surface area contributed by atoms with Gasteiger partial charge in [0, 0.05) is 5.39 Å². The van der Waals surface area contributed by atoms with Crippen LogP contribution in [0.15, 0.2) is 40.3 Å². The first kappa shape index (κ1) is 9.82. The molecule has 0 saturated heterocycles. The van der Waals surface area contributed by atoms with Gasteiger partial charge in [-0.2, -0.15) is 10.5 Å². The maximum atomic E-state index is 9.62. The SMILES string of the molecule is N#CC(C#N)=C(O)c1cc2ccccc2o1. The van der Waals surface area contributed by atoms with E-state index in [0.717, 1.165) is 5.39 Å². The van der Waals surface area contributed by atoms with Gasteiger partial charge in [0.2, 0.25) is 0 Å². The highest BCUT2D eigenvalue weighted by atomic mass is 16.4. The summed E-state index contributed by atoms with van der Waals surface area (Å²) < 4.78 is 5.30. The molecule has 0 aliphatic rings. The van der Waals surface area contributed by atoms with Crippen LogP contribution in [0.25, 0.3) is 16.7 Å². The van der Waals surface area contributed by atoms with E-state index in [1.54, 1.807) is 30.3 Å². The molecule has 4 nitrogen and oxygen atoms in total. The summed E-state index contributed by atoms with van der Waals surface area (Å²) in [4.78, 5) is 0. The molecule has 0 amide bonds. The first-order valence-corrected chi connectivity index (χ1v) is 4.48. The van der Waals surface area contributed by atoms with Crippen LogP contribution >= 0.6 is 0 Å². The number of hydrogen-bond acceptors (Lipinski definition) is 4. The number of nitriles is 2. The summed E-state index contributed by atoms with van der Waals surface area (Å²) in [5.74, 6) is -0.305. The number of benzene rings is 1. The van der Waals surface area contributed by atoms with Gasteiger partial charge in [0.1, 0.15) is 17.7 Å². The lowest BCUT2D eigenvalue weighted by Gasteiger charge is -1.92. The molecule has 1 heterocycles. The van der Waals surface area contributed by atoms with Crippen LogP contribution in [-0.2, 0) is 0 Å². The van der Waals surface area contributed by atoms with Crippen molar-refractivity contribution in [3.05, 3.63) is 41.7 Å². The normalized spacial score (nSPS) is 9.38. The molecule has 0 fully saturated rings. The third kappa shape index (κ3) is 1.49. The van der Waals surface area contributed by atoms with E-state index in [-0.39, 0.29) is 11.3 Å². The predicted octanol–water partition coefficient (Wildman–Crippen LogP) is 2.75. The van der Waals surface area contributed by atoms with E-state index in [2.05, 4.69) is 0 Å². The Hall–Kier alpha value is -2.72. The van der Waals surface area contributed by atoms with Crippen molar-refractivity contribution < 1.29 is 9.52 Å². The fourth-order valence-corrected chi connectivity index (χ4v) is 1.35. The molecular weight excluding hydrogens is 204 g/mol. The van der Waals surface area contributed by atoms with Crippen molar-refractivity contribution in [1.29, 1.82) is 10.5 Å². The maximum Gasteiger partial charge on any atom is 0.187 e. The van der Waals surface area contributed by atoms with Crippen molar-refractivity contribution in [2.45, 2.75) is 0 Å². The van der Waals surface area contributed by atoms with Crippen LogP contribution in [0.3, 0.4) is 0 Å². The Morgan fingerprint density at radius 2 is 1.88 bits per heavy atom. The van der Waals surface area contributed by atoms with E-state index in [0.29, 0.717) is 5.58 Å². The molecule has 0 saturated carbocycles. The van der Waals surface area contributed by atoms with Gasteiger partial charge in [-0.05, 0) is 12.1 Å². The van der Waals surface area contributed by atoms with E-state index < -0.39 is 5.76 Å². The number of aliphatic hydroxyl groups is 1. The Kier molecular flexibility index (Phi) is 2.33. The zero-order chi connectivity index (χ0) is 11.5. The summed E-state index contributed by atoms with van der Waals surface area (Å²) in [6, 6.07) is 12.0. The van der Waals surface area contributed by atoms with Crippen molar-refractivity contribution in [1.82, 2.24) is 0 Å². The molecule has 0 aliphatic heterocycles. The van der Waals surface area contributed by atoms with Crippen LogP contribution in [0.1, 0.15) is 5.76 Å². The Labute approximate surface area is 91.3 Å². The summed E-state index contributed by atoms with van der Waals surface area (Å²) in [6.45, 7) is 0. The van der Waals surface area contributed by atoms with Crippen molar-refractivity contribution in [3.8, 4) is 12.1 Å². The smallest absolute Gasteiger partial charge is 0.187 e. The average Bonchev–Trinajstić information content (AvgIpc) is 2.74. The fraction of sp³-hybridized carbons (Fsp3) is 0. The molecule has 2 rings (SSSR count). The number of nitrogens with zero attached hydrogens (tertiary/aromatic N) is 2.